The predicted octanol–water partition coefficient (Wildman–Crippen LogP) is 4.19. The zero-order chi connectivity index (χ0) is 26.6. The molecule has 0 saturated carbocycles. The smallest absolute Gasteiger partial charge is 0.339 e. The molecule has 1 aliphatic heterocycles. The summed E-state index contributed by atoms with van der Waals surface area (Å²) >= 11 is 0. The summed E-state index contributed by atoms with van der Waals surface area (Å²) in [4.78, 5) is 25.7. The molecule has 1 saturated heterocycles. The maximum absolute atomic E-state index is 12.2. The number of β-amino-alcohol motifs (C(OH)–C–C–N with tert-alkyl or cyclic N) is 1. The van der Waals surface area contributed by atoms with Crippen molar-refractivity contribution in [3.8, 4) is 23.0 Å². The molecule has 0 unspecified atom stereocenters. The third-order valence-electron chi connectivity index (χ3n) is 6.47. The van der Waals surface area contributed by atoms with Crippen molar-refractivity contribution in [2.24, 2.45) is 0 Å². The number of rotatable bonds is 9. The molecule has 2 atom stereocenters. The van der Waals surface area contributed by atoms with Crippen LogP contribution in [0.15, 0.2) is 82.0 Å². The molecule has 2 N–H and O–H groups in total. The quantitative estimate of drug-likeness (QED) is 0.315. The lowest BCUT2D eigenvalue weighted by Gasteiger charge is -2.23. The van der Waals surface area contributed by atoms with Gasteiger partial charge < -0.3 is 28.8 Å². The van der Waals surface area contributed by atoms with Crippen molar-refractivity contribution < 1.29 is 33.6 Å². The molecular formula is C29H27NO8. The fourth-order valence-corrected chi connectivity index (χ4v) is 4.55. The Balaban J connectivity index is 1.46. The van der Waals surface area contributed by atoms with E-state index in [1.165, 1.54) is 6.07 Å². The number of benzene rings is 3. The molecule has 9 nitrogen and oxygen atoms in total. The summed E-state index contributed by atoms with van der Waals surface area (Å²) in [6, 6.07) is 20.3. The van der Waals surface area contributed by atoms with Gasteiger partial charge in [-0.05, 0) is 35.9 Å². The van der Waals surface area contributed by atoms with E-state index in [4.69, 9.17) is 18.6 Å². The molecule has 0 spiro atoms. The molecule has 3 aromatic carbocycles. The number of nitrogens with zero attached hydrogens (tertiary/aromatic N) is 1. The second-order valence-electron chi connectivity index (χ2n) is 9.11. The van der Waals surface area contributed by atoms with Crippen LogP contribution >= 0.6 is 0 Å². The number of para-hydroxylation sites is 1. The minimum atomic E-state index is -0.991. The number of ether oxygens (including phenoxy) is 3. The first-order valence-corrected chi connectivity index (χ1v) is 12.1. The van der Waals surface area contributed by atoms with Crippen molar-refractivity contribution >= 4 is 16.9 Å². The lowest BCUT2D eigenvalue weighted by molar-refractivity contribution is -0.142. The Morgan fingerprint density at radius 2 is 1.79 bits per heavy atom. The first-order chi connectivity index (χ1) is 18.4. The predicted molar refractivity (Wildman–Crippen MR) is 139 cm³/mol. The summed E-state index contributed by atoms with van der Waals surface area (Å²) in [5, 5.41) is 20.3. The Bertz CT molecular complexity index is 1500. The standard InChI is InChI=1S/C29H27NO8/c1-35-21-9-6-18(7-10-21)17-36-22-11-8-19(15-30-16-20(31)12-24(30)29(33)34)26(13-22)37-27-14-28(32)38-25-5-3-2-4-23(25)27/h2-11,13-14,20,24,31H,12,15-17H2,1H3,(H,33,34)/t20-,24+/m1/s1. The molecule has 0 aliphatic carbocycles. The summed E-state index contributed by atoms with van der Waals surface area (Å²) < 4.78 is 22.8. The third-order valence-corrected chi connectivity index (χ3v) is 6.47. The highest BCUT2D eigenvalue weighted by atomic mass is 16.5. The van der Waals surface area contributed by atoms with Gasteiger partial charge in [-0.2, -0.15) is 0 Å². The number of aliphatic hydroxyl groups excluding tert-OH is 1. The summed E-state index contributed by atoms with van der Waals surface area (Å²) in [6.45, 7) is 0.755. The largest absolute Gasteiger partial charge is 0.497 e. The molecule has 1 aromatic heterocycles. The van der Waals surface area contributed by atoms with E-state index in [1.807, 2.05) is 30.3 Å². The molecule has 1 fully saturated rings. The highest BCUT2D eigenvalue weighted by Gasteiger charge is 2.36. The van der Waals surface area contributed by atoms with Crippen LogP contribution < -0.4 is 19.8 Å². The van der Waals surface area contributed by atoms with Crippen LogP contribution in [-0.4, -0.2) is 46.9 Å². The van der Waals surface area contributed by atoms with Crippen molar-refractivity contribution in [3.63, 3.8) is 0 Å². The Morgan fingerprint density at radius 1 is 1.03 bits per heavy atom. The van der Waals surface area contributed by atoms with Gasteiger partial charge in [-0.25, -0.2) is 4.79 Å². The van der Waals surface area contributed by atoms with E-state index in [-0.39, 0.29) is 19.5 Å². The minimum Gasteiger partial charge on any atom is -0.497 e. The number of carboxylic acids is 1. The molecule has 0 radical (unpaired) electrons. The van der Waals surface area contributed by atoms with Gasteiger partial charge in [0.15, 0.2) is 0 Å². The number of aliphatic carboxylic acids is 1. The van der Waals surface area contributed by atoms with E-state index in [0.29, 0.717) is 40.4 Å². The maximum Gasteiger partial charge on any atom is 0.339 e. The van der Waals surface area contributed by atoms with Gasteiger partial charge in [-0.3, -0.25) is 9.69 Å². The van der Waals surface area contributed by atoms with Gasteiger partial charge in [0, 0.05) is 31.1 Å². The number of hydrogen-bond donors (Lipinski definition) is 2. The highest BCUT2D eigenvalue weighted by Crippen LogP contribution is 2.35. The van der Waals surface area contributed by atoms with Gasteiger partial charge in [-0.15, -0.1) is 0 Å². The molecule has 2 heterocycles. The van der Waals surface area contributed by atoms with Crippen LogP contribution in [0.5, 0.6) is 23.0 Å². The van der Waals surface area contributed by atoms with Crippen LogP contribution in [0.25, 0.3) is 11.0 Å². The van der Waals surface area contributed by atoms with E-state index in [1.54, 1.807) is 48.4 Å². The van der Waals surface area contributed by atoms with E-state index in [9.17, 15) is 19.8 Å². The number of methoxy groups -OCH3 is 1. The summed E-state index contributed by atoms with van der Waals surface area (Å²) in [7, 11) is 1.61. The zero-order valence-electron chi connectivity index (χ0n) is 20.7. The molecule has 1 aliphatic rings. The van der Waals surface area contributed by atoms with Crippen molar-refractivity contribution in [1.82, 2.24) is 4.90 Å². The fraction of sp³-hybridized carbons (Fsp3) is 0.241. The number of aliphatic hydroxyl groups is 1. The van der Waals surface area contributed by atoms with E-state index in [2.05, 4.69) is 0 Å². The lowest BCUT2D eigenvalue weighted by atomic mass is 10.1. The number of carbonyl (C=O) groups is 1. The monoisotopic (exact) mass is 517 g/mol. The third kappa shape index (κ3) is 5.64. The molecule has 0 amide bonds. The van der Waals surface area contributed by atoms with Crippen LogP contribution in [-0.2, 0) is 17.9 Å². The number of carboxylic acid groups (broad SMARTS) is 1. The van der Waals surface area contributed by atoms with E-state index in [0.717, 1.165) is 11.3 Å². The van der Waals surface area contributed by atoms with E-state index < -0.39 is 23.7 Å². The summed E-state index contributed by atoms with van der Waals surface area (Å²) in [5.41, 5.74) is 1.46. The fourth-order valence-electron chi connectivity index (χ4n) is 4.55. The van der Waals surface area contributed by atoms with Crippen LogP contribution in [0, 0.1) is 0 Å². The zero-order valence-corrected chi connectivity index (χ0v) is 20.7. The molecular weight excluding hydrogens is 490 g/mol. The van der Waals surface area contributed by atoms with Gasteiger partial charge in [0.05, 0.1) is 24.7 Å². The van der Waals surface area contributed by atoms with Gasteiger partial charge >= 0.3 is 11.6 Å². The van der Waals surface area contributed by atoms with Gasteiger partial charge in [0.1, 0.15) is 41.2 Å². The number of fused-ring (bicyclic) bond motifs is 1. The van der Waals surface area contributed by atoms with Crippen LogP contribution in [0.1, 0.15) is 17.5 Å². The molecule has 9 heteroatoms. The average Bonchev–Trinajstić information content (AvgIpc) is 3.29. The number of likely N-dealkylation sites (tertiary alicyclic amines) is 1. The van der Waals surface area contributed by atoms with Crippen LogP contribution in [0.4, 0.5) is 0 Å². The highest BCUT2D eigenvalue weighted by molar-refractivity contribution is 5.83. The Hall–Kier alpha value is -4.34. The maximum atomic E-state index is 12.2. The topological polar surface area (TPSA) is 119 Å². The number of hydrogen-bond acceptors (Lipinski definition) is 8. The molecule has 5 rings (SSSR count). The van der Waals surface area contributed by atoms with Crippen molar-refractivity contribution in [2.75, 3.05) is 13.7 Å². The Morgan fingerprint density at radius 3 is 2.55 bits per heavy atom. The molecule has 4 aromatic rings. The second-order valence-corrected chi connectivity index (χ2v) is 9.11. The summed E-state index contributed by atoms with van der Waals surface area (Å²) in [6.07, 6.45) is -0.575. The summed E-state index contributed by atoms with van der Waals surface area (Å²) in [5.74, 6) is 0.999. The molecule has 0 bridgehead atoms. The van der Waals surface area contributed by atoms with Gasteiger partial charge in [0.25, 0.3) is 0 Å². The SMILES string of the molecule is COc1ccc(COc2ccc(CN3C[C@H](O)C[C@H]3C(=O)O)c(Oc3cc(=O)oc4ccccc34)c2)cc1. The molecule has 196 valence electrons. The lowest BCUT2D eigenvalue weighted by Crippen LogP contribution is -2.35. The minimum absolute atomic E-state index is 0.152. The van der Waals surface area contributed by atoms with Gasteiger partial charge in [-0.1, -0.05) is 30.3 Å². The first kappa shape index (κ1) is 25.3. The average molecular weight is 518 g/mol. The Kier molecular flexibility index (Phi) is 7.30. The normalized spacial score (nSPS) is 17.4. The van der Waals surface area contributed by atoms with Gasteiger partial charge in [0.2, 0.25) is 0 Å². The van der Waals surface area contributed by atoms with Crippen molar-refractivity contribution in [1.29, 1.82) is 0 Å². The Labute approximate surface area is 218 Å². The first-order valence-electron chi connectivity index (χ1n) is 12.1. The van der Waals surface area contributed by atoms with Crippen LogP contribution in [0.3, 0.4) is 0 Å². The van der Waals surface area contributed by atoms with Crippen molar-refractivity contribution in [3.05, 3.63) is 94.3 Å². The van der Waals surface area contributed by atoms with Crippen molar-refractivity contribution in [2.45, 2.75) is 31.7 Å². The second kappa shape index (κ2) is 11.0. The van der Waals surface area contributed by atoms with Crippen LogP contribution in [0.2, 0.25) is 0 Å². The molecule has 38 heavy (non-hydrogen) atoms. The van der Waals surface area contributed by atoms with E-state index >= 15 is 0 Å².